The number of nitrogens with one attached hydrogen (secondary N) is 1. The van der Waals surface area contributed by atoms with Gasteiger partial charge in [0.25, 0.3) is 0 Å². The summed E-state index contributed by atoms with van der Waals surface area (Å²) in [5, 5.41) is 3.82. The molecule has 7 heteroatoms. The van der Waals surface area contributed by atoms with Crippen molar-refractivity contribution in [1.29, 1.82) is 0 Å². The third-order valence-electron chi connectivity index (χ3n) is 7.94. The molecule has 1 aliphatic carbocycles. The van der Waals surface area contributed by atoms with E-state index < -0.39 is 0 Å². The first-order valence-corrected chi connectivity index (χ1v) is 13.0. The van der Waals surface area contributed by atoms with E-state index in [0.29, 0.717) is 12.1 Å². The van der Waals surface area contributed by atoms with Crippen LogP contribution in [0, 0.1) is 0 Å². The Labute approximate surface area is 208 Å². The average molecular weight is 470 g/mol. The van der Waals surface area contributed by atoms with Gasteiger partial charge in [-0.05, 0) is 67.6 Å². The summed E-state index contributed by atoms with van der Waals surface area (Å²) in [7, 11) is 2.28. The molecule has 1 aromatic carbocycles. The van der Waals surface area contributed by atoms with E-state index in [9.17, 15) is 0 Å². The first kappa shape index (κ1) is 22.4. The smallest absolute Gasteiger partial charge is 0.225 e. The van der Waals surface area contributed by atoms with Gasteiger partial charge in [0, 0.05) is 69.6 Å². The van der Waals surface area contributed by atoms with Gasteiger partial charge >= 0.3 is 0 Å². The molecule has 4 heterocycles. The average Bonchev–Trinajstić information content (AvgIpc) is 2.93. The van der Waals surface area contributed by atoms with Gasteiger partial charge in [0.05, 0.1) is 11.7 Å². The maximum Gasteiger partial charge on any atom is 0.225 e. The minimum absolute atomic E-state index is 0.423. The molecule has 1 saturated heterocycles. The van der Waals surface area contributed by atoms with Crippen LogP contribution in [0.4, 0.5) is 11.6 Å². The van der Waals surface area contributed by atoms with Gasteiger partial charge in [0.15, 0.2) is 0 Å². The molecule has 6 rings (SSSR count). The van der Waals surface area contributed by atoms with Crippen LogP contribution in [0.3, 0.4) is 0 Å². The summed E-state index contributed by atoms with van der Waals surface area (Å²) in [5.74, 6) is 0.841. The Bertz CT molecular complexity index is 1140. The molecule has 7 nitrogen and oxygen atoms in total. The van der Waals surface area contributed by atoms with Gasteiger partial charge in [0.2, 0.25) is 5.95 Å². The minimum atomic E-state index is 0.423. The van der Waals surface area contributed by atoms with Crippen LogP contribution in [0.1, 0.15) is 41.3 Å². The van der Waals surface area contributed by atoms with Crippen molar-refractivity contribution in [2.24, 2.45) is 0 Å². The fourth-order valence-electron chi connectivity index (χ4n) is 6.11. The summed E-state index contributed by atoms with van der Waals surface area (Å²) in [6.45, 7) is 5.87. The monoisotopic (exact) mass is 469 g/mol. The Hall–Kier alpha value is -3.03. The number of likely N-dealkylation sites (N-methyl/N-ethyl adjacent to an activating group) is 1. The molecule has 3 aromatic rings. The lowest BCUT2D eigenvalue weighted by Crippen LogP contribution is -2.48. The highest BCUT2D eigenvalue weighted by atomic mass is 15.3. The zero-order valence-corrected chi connectivity index (χ0v) is 20.6. The first-order chi connectivity index (χ1) is 17.3. The van der Waals surface area contributed by atoms with E-state index in [2.05, 4.69) is 67.4 Å². The van der Waals surface area contributed by atoms with Crippen LogP contribution in [-0.4, -0.2) is 65.7 Å². The molecule has 0 spiro atoms. The molecule has 1 unspecified atom stereocenters. The molecule has 1 fully saturated rings. The number of aromatic nitrogens is 3. The fourth-order valence-corrected chi connectivity index (χ4v) is 6.11. The number of rotatable bonds is 5. The molecule has 0 radical (unpaired) electrons. The van der Waals surface area contributed by atoms with E-state index in [1.807, 2.05) is 24.7 Å². The Kier molecular flexibility index (Phi) is 6.35. The van der Waals surface area contributed by atoms with Gasteiger partial charge in [-0.3, -0.25) is 9.88 Å². The lowest BCUT2D eigenvalue weighted by atomic mass is 9.89. The number of nitrogens with zero attached hydrogens (tertiary/aromatic N) is 6. The van der Waals surface area contributed by atoms with Crippen molar-refractivity contribution < 1.29 is 0 Å². The van der Waals surface area contributed by atoms with Crippen molar-refractivity contribution in [2.75, 3.05) is 49.6 Å². The van der Waals surface area contributed by atoms with Gasteiger partial charge < -0.3 is 15.1 Å². The standard InChI is InChI=1S/C28H35N7/c1-33(26-10-2-6-21-8-4-11-29-27(21)26)20-23-18-24-22(19-32-23)7-3-9-25(24)34-14-16-35(17-15-34)28-30-12-5-13-31-28/h3-5,7-9,11-13,23,26,32H,2,6,10,14-20H2,1H3/t23-,26?/m1/s1. The summed E-state index contributed by atoms with van der Waals surface area (Å²) in [6, 6.07) is 13.9. The predicted octanol–water partition coefficient (Wildman–Crippen LogP) is 3.22. The molecule has 1 N–H and O–H groups in total. The van der Waals surface area contributed by atoms with E-state index in [4.69, 9.17) is 4.98 Å². The van der Waals surface area contributed by atoms with Crippen molar-refractivity contribution in [3.63, 3.8) is 0 Å². The van der Waals surface area contributed by atoms with Crippen molar-refractivity contribution in [3.05, 3.63) is 77.4 Å². The molecule has 0 amide bonds. The highest BCUT2D eigenvalue weighted by molar-refractivity contribution is 5.59. The van der Waals surface area contributed by atoms with Gasteiger partial charge in [0.1, 0.15) is 0 Å². The van der Waals surface area contributed by atoms with Crippen LogP contribution < -0.4 is 15.1 Å². The van der Waals surface area contributed by atoms with E-state index in [-0.39, 0.29) is 0 Å². The van der Waals surface area contributed by atoms with Crippen molar-refractivity contribution in [2.45, 2.75) is 44.3 Å². The highest BCUT2D eigenvalue weighted by Crippen LogP contribution is 2.33. The second kappa shape index (κ2) is 9.91. The molecule has 2 atom stereocenters. The number of fused-ring (bicyclic) bond motifs is 2. The van der Waals surface area contributed by atoms with Crippen LogP contribution in [0.15, 0.2) is 55.0 Å². The Morgan fingerprint density at radius 2 is 1.69 bits per heavy atom. The Morgan fingerprint density at radius 1 is 0.914 bits per heavy atom. The zero-order valence-electron chi connectivity index (χ0n) is 20.6. The van der Waals surface area contributed by atoms with E-state index in [1.54, 1.807) is 0 Å². The summed E-state index contributed by atoms with van der Waals surface area (Å²) in [5.41, 5.74) is 7.10. The fraction of sp³-hybridized carbons (Fsp3) is 0.464. The number of pyridine rings is 1. The second-order valence-corrected chi connectivity index (χ2v) is 10.1. The van der Waals surface area contributed by atoms with Crippen LogP contribution in [0.5, 0.6) is 0 Å². The molecule has 0 saturated carbocycles. The molecule has 182 valence electrons. The summed E-state index contributed by atoms with van der Waals surface area (Å²) in [6.07, 6.45) is 10.3. The van der Waals surface area contributed by atoms with Crippen molar-refractivity contribution in [1.82, 2.24) is 25.2 Å². The number of aryl methyl sites for hydroxylation is 1. The molecule has 0 bridgehead atoms. The first-order valence-electron chi connectivity index (χ1n) is 13.0. The second-order valence-electron chi connectivity index (χ2n) is 10.1. The van der Waals surface area contributed by atoms with Crippen LogP contribution in [0.2, 0.25) is 0 Å². The third-order valence-corrected chi connectivity index (χ3v) is 7.94. The largest absolute Gasteiger partial charge is 0.368 e. The van der Waals surface area contributed by atoms with Gasteiger partial charge in [-0.15, -0.1) is 0 Å². The maximum atomic E-state index is 4.77. The Morgan fingerprint density at radius 3 is 2.54 bits per heavy atom. The third kappa shape index (κ3) is 4.62. The molecule has 2 aromatic heterocycles. The molecular formula is C28H35N7. The minimum Gasteiger partial charge on any atom is -0.368 e. The SMILES string of the molecule is CN(C[C@H]1Cc2c(cccc2N2CCN(c3ncccn3)CC2)CN1)C1CCCc2cccnc21. The topological polar surface area (TPSA) is 60.4 Å². The lowest BCUT2D eigenvalue weighted by Gasteiger charge is -2.39. The van der Waals surface area contributed by atoms with Gasteiger partial charge in [-0.25, -0.2) is 9.97 Å². The van der Waals surface area contributed by atoms with Gasteiger partial charge in [-0.1, -0.05) is 18.2 Å². The molecule has 35 heavy (non-hydrogen) atoms. The summed E-state index contributed by atoms with van der Waals surface area (Å²) < 4.78 is 0. The van der Waals surface area contributed by atoms with E-state index >= 15 is 0 Å². The summed E-state index contributed by atoms with van der Waals surface area (Å²) in [4.78, 5) is 21.0. The van der Waals surface area contributed by atoms with Crippen LogP contribution in [0.25, 0.3) is 0 Å². The number of anilines is 2. The molecule has 3 aliphatic rings. The predicted molar refractivity (Wildman–Crippen MR) is 140 cm³/mol. The lowest BCUT2D eigenvalue weighted by molar-refractivity contribution is 0.191. The van der Waals surface area contributed by atoms with Crippen LogP contribution >= 0.6 is 0 Å². The van der Waals surface area contributed by atoms with Gasteiger partial charge in [-0.2, -0.15) is 0 Å². The van der Waals surface area contributed by atoms with E-state index in [0.717, 1.165) is 58.1 Å². The van der Waals surface area contributed by atoms with Crippen LogP contribution in [-0.2, 0) is 19.4 Å². The van der Waals surface area contributed by atoms with Crippen molar-refractivity contribution >= 4 is 11.6 Å². The normalized spacial score (nSPS) is 22.1. The molecular weight excluding hydrogens is 434 g/mol. The molecule has 2 aliphatic heterocycles. The number of hydrogen-bond donors (Lipinski definition) is 1. The summed E-state index contributed by atoms with van der Waals surface area (Å²) >= 11 is 0. The maximum absolute atomic E-state index is 4.77. The van der Waals surface area contributed by atoms with Crippen molar-refractivity contribution in [3.8, 4) is 0 Å². The number of benzene rings is 1. The number of piperazine rings is 1. The highest BCUT2D eigenvalue weighted by Gasteiger charge is 2.29. The zero-order chi connectivity index (χ0) is 23.6. The Balaban J connectivity index is 1.14. The quantitative estimate of drug-likeness (QED) is 0.616. The number of hydrogen-bond acceptors (Lipinski definition) is 7. The van der Waals surface area contributed by atoms with E-state index in [1.165, 1.54) is 40.9 Å².